The van der Waals surface area contributed by atoms with Crippen molar-refractivity contribution in [2.75, 3.05) is 7.11 Å². The van der Waals surface area contributed by atoms with E-state index in [4.69, 9.17) is 10.5 Å². The van der Waals surface area contributed by atoms with E-state index >= 15 is 0 Å². The topological polar surface area (TPSA) is 35.2 Å². The maximum absolute atomic E-state index is 5.90. The highest BCUT2D eigenvalue weighted by molar-refractivity contribution is 7.10. The third-order valence-electron chi connectivity index (χ3n) is 1.70. The van der Waals surface area contributed by atoms with Crippen LogP contribution in [0.5, 0.6) is 5.75 Å². The van der Waals surface area contributed by atoms with Crippen molar-refractivity contribution in [2.24, 2.45) is 5.73 Å². The Morgan fingerprint density at radius 3 is 3.00 bits per heavy atom. The van der Waals surface area contributed by atoms with Crippen molar-refractivity contribution in [3.05, 3.63) is 16.3 Å². The minimum Gasteiger partial charge on any atom is -0.496 e. The van der Waals surface area contributed by atoms with Crippen LogP contribution in [0.15, 0.2) is 11.4 Å². The van der Waals surface area contributed by atoms with Crippen molar-refractivity contribution in [2.45, 2.75) is 19.4 Å². The molecule has 1 rings (SSSR count). The van der Waals surface area contributed by atoms with Gasteiger partial charge in [-0.15, -0.1) is 23.2 Å². The highest BCUT2D eigenvalue weighted by Gasteiger charge is 2.07. The first kappa shape index (κ1) is 10.1. The average Bonchev–Trinajstić information content (AvgIpc) is 2.62. The van der Waals surface area contributed by atoms with E-state index in [2.05, 4.69) is 11.8 Å². The van der Waals surface area contributed by atoms with Crippen molar-refractivity contribution >= 4 is 11.3 Å². The van der Waals surface area contributed by atoms with Gasteiger partial charge in [-0.3, -0.25) is 0 Å². The predicted molar refractivity (Wildman–Crippen MR) is 55.9 cm³/mol. The number of rotatable bonds is 3. The zero-order chi connectivity index (χ0) is 9.68. The van der Waals surface area contributed by atoms with Gasteiger partial charge in [0.05, 0.1) is 13.2 Å². The van der Waals surface area contributed by atoms with Crippen LogP contribution < -0.4 is 10.5 Å². The predicted octanol–water partition coefficient (Wildman–Crippen LogP) is 2.17. The summed E-state index contributed by atoms with van der Waals surface area (Å²) < 4.78 is 5.07. The molecule has 1 aromatic heterocycles. The average molecular weight is 195 g/mol. The first-order valence-electron chi connectivity index (χ1n) is 4.05. The zero-order valence-electron chi connectivity index (χ0n) is 7.83. The van der Waals surface area contributed by atoms with Crippen LogP contribution >= 0.6 is 11.3 Å². The Morgan fingerprint density at radius 2 is 2.46 bits per heavy atom. The van der Waals surface area contributed by atoms with Gasteiger partial charge < -0.3 is 10.5 Å². The van der Waals surface area contributed by atoms with Crippen LogP contribution in [0.2, 0.25) is 0 Å². The summed E-state index contributed by atoms with van der Waals surface area (Å²) in [6.45, 7) is 1.82. The SMILES string of the molecule is CC#CCC(N)c1cc(OC)cs1. The van der Waals surface area contributed by atoms with E-state index < -0.39 is 0 Å². The van der Waals surface area contributed by atoms with Gasteiger partial charge in [-0.1, -0.05) is 0 Å². The molecule has 0 amide bonds. The second-order valence-electron chi connectivity index (χ2n) is 2.63. The van der Waals surface area contributed by atoms with Gasteiger partial charge in [0.2, 0.25) is 0 Å². The van der Waals surface area contributed by atoms with Crippen LogP contribution in [0, 0.1) is 11.8 Å². The molecule has 1 atom stereocenters. The summed E-state index contributed by atoms with van der Waals surface area (Å²) in [5.74, 6) is 6.67. The number of nitrogens with two attached hydrogens (primary N) is 1. The lowest BCUT2D eigenvalue weighted by Crippen LogP contribution is -2.06. The Labute approximate surface area is 82.7 Å². The second kappa shape index (κ2) is 4.90. The highest BCUT2D eigenvalue weighted by Crippen LogP contribution is 2.26. The molecule has 1 aromatic rings. The molecular weight excluding hydrogens is 182 g/mol. The van der Waals surface area contributed by atoms with Crippen LogP contribution in [-0.4, -0.2) is 7.11 Å². The maximum atomic E-state index is 5.90. The molecule has 3 heteroatoms. The molecule has 13 heavy (non-hydrogen) atoms. The van der Waals surface area contributed by atoms with Crippen LogP contribution in [-0.2, 0) is 0 Å². The Hall–Kier alpha value is -0.980. The Kier molecular flexibility index (Phi) is 3.81. The van der Waals surface area contributed by atoms with Gasteiger partial charge in [0, 0.05) is 16.7 Å². The van der Waals surface area contributed by atoms with Crippen molar-refractivity contribution in [1.82, 2.24) is 0 Å². The third kappa shape index (κ3) is 2.76. The molecule has 0 aliphatic heterocycles. The van der Waals surface area contributed by atoms with E-state index in [0.29, 0.717) is 6.42 Å². The van der Waals surface area contributed by atoms with Crippen molar-refractivity contribution in [1.29, 1.82) is 0 Å². The lowest BCUT2D eigenvalue weighted by Gasteiger charge is -2.02. The van der Waals surface area contributed by atoms with Gasteiger partial charge in [-0.05, 0) is 13.0 Å². The van der Waals surface area contributed by atoms with Gasteiger partial charge in [-0.25, -0.2) is 0 Å². The van der Waals surface area contributed by atoms with Crippen molar-refractivity contribution < 1.29 is 4.74 Å². The van der Waals surface area contributed by atoms with Gasteiger partial charge in [0.15, 0.2) is 0 Å². The van der Waals surface area contributed by atoms with E-state index in [1.54, 1.807) is 18.4 Å². The Morgan fingerprint density at radius 1 is 1.69 bits per heavy atom. The number of thiophene rings is 1. The number of ether oxygens (including phenoxy) is 1. The molecule has 0 radical (unpaired) electrons. The number of methoxy groups -OCH3 is 1. The van der Waals surface area contributed by atoms with E-state index in [-0.39, 0.29) is 6.04 Å². The maximum Gasteiger partial charge on any atom is 0.129 e. The van der Waals surface area contributed by atoms with Crippen molar-refractivity contribution in [3.8, 4) is 17.6 Å². The molecular formula is C10H13NOS. The minimum atomic E-state index is 0.0151. The smallest absolute Gasteiger partial charge is 0.129 e. The summed E-state index contributed by atoms with van der Waals surface area (Å²) in [6.07, 6.45) is 0.708. The molecule has 0 aliphatic rings. The standard InChI is InChI=1S/C10H13NOS/c1-3-4-5-9(11)10-6-8(12-2)7-13-10/h6-7,9H,5,11H2,1-2H3. The molecule has 70 valence electrons. The molecule has 2 N–H and O–H groups in total. The molecule has 1 heterocycles. The molecule has 0 aliphatic carbocycles. The van der Waals surface area contributed by atoms with E-state index in [0.717, 1.165) is 10.6 Å². The van der Waals surface area contributed by atoms with Gasteiger partial charge >= 0.3 is 0 Å². The van der Waals surface area contributed by atoms with E-state index in [1.165, 1.54) is 0 Å². The first-order chi connectivity index (χ1) is 6.27. The summed E-state index contributed by atoms with van der Waals surface area (Å²) in [5, 5.41) is 1.95. The Bertz CT molecular complexity index is 321. The van der Waals surface area contributed by atoms with Gasteiger partial charge in [-0.2, -0.15) is 0 Å². The normalized spacial score (nSPS) is 11.6. The molecule has 0 saturated carbocycles. The summed E-state index contributed by atoms with van der Waals surface area (Å²) in [5.41, 5.74) is 5.90. The summed E-state index contributed by atoms with van der Waals surface area (Å²) in [4.78, 5) is 1.12. The molecule has 0 fully saturated rings. The quantitative estimate of drug-likeness (QED) is 0.750. The largest absolute Gasteiger partial charge is 0.496 e. The highest BCUT2D eigenvalue weighted by atomic mass is 32.1. The van der Waals surface area contributed by atoms with Crippen LogP contribution in [0.25, 0.3) is 0 Å². The Balaban J connectivity index is 2.63. The molecule has 0 saturated heterocycles. The molecule has 2 nitrogen and oxygen atoms in total. The molecule has 0 spiro atoms. The zero-order valence-corrected chi connectivity index (χ0v) is 8.65. The van der Waals surface area contributed by atoms with Crippen LogP contribution in [0.4, 0.5) is 0 Å². The molecule has 1 unspecified atom stereocenters. The first-order valence-corrected chi connectivity index (χ1v) is 4.93. The fraction of sp³-hybridized carbons (Fsp3) is 0.400. The second-order valence-corrected chi connectivity index (χ2v) is 3.57. The molecule has 0 bridgehead atoms. The summed E-state index contributed by atoms with van der Waals surface area (Å²) >= 11 is 1.61. The lowest BCUT2D eigenvalue weighted by atomic mass is 10.2. The van der Waals surface area contributed by atoms with E-state index in [9.17, 15) is 0 Å². The van der Waals surface area contributed by atoms with Gasteiger partial charge in [0.1, 0.15) is 5.75 Å². The number of hydrogen-bond acceptors (Lipinski definition) is 3. The summed E-state index contributed by atoms with van der Waals surface area (Å²) in [7, 11) is 1.66. The molecule has 0 aromatic carbocycles. The summed E-state index contributed by atoms with van der Waals surface area (Å²) in [6, 6.07) is 1.98. The monoisotopic (exact) mass is 195 g/mol. The fourth-order valence-electron chi connectivity index (χ4n) is 0.948. The lowest BCUT2D eigenvalue weighted by molar-refractivity contribution is 0.416. The van der Waals surface area contributed by atoms with E-state index in [1.807, 2.05) is 18.4 Å². The van der Waals surface area contributed by atoms with Crippen LogP contribution in [0.3, 0.4) is 0 Å². The minimum absolute atomic E-state index is 0.0151. The van der Waals surface area contributed by atoms with Gasteiger partial charge in [0.25, 0.3) is 0 Å². The van der Waals surface area contributed by atoms with Crippen molar-refractivity contribution in [3.63, 3.8) is 0 Å². The third-order valence-corrected chi connectivity index (χ3v) is 2.74. The fourth-order valence-corrected chi connectivity index (χ4v) is 1.81. The number of hydrogen-bond donors (Lipinski definition) is 1. The van der Waals surface area contributed by atoms with Crippen LogP contribution in [0.1, 0.15) is 24.3 Å².